The highest BCUT2D eigenvalue weighted by Gasteiger charge is 2.24. The van der Waals surface area contributed by atoms with Crippen molar-refractivity contribution in [2.75, 3.05) is 13.7 Å². The Morgan fingerprint density at radius 2 is 1.74 bits per heavy atom. The molecule has 6 heteroatoms. The molecule has 0 fully saturated rings. The minimum atomic E-state index is -0.311. The minimum Gasteiger partial charge on any atom is -0.497 e. The highest BCUT2D eigenvalue weighted by atomic mass is 16.7. The smallest absolute Gasteiger partial charge is 0.235 e. The van der Waals surface area contributed by atoms with Gasteiger partial charge in [-0.2, -0.15) is 0 Å². The number of hydrogen-bond donors (Lipinski definition) is 0. The van der Waals surface area contributed by atoms with Gasteiger partial charge in [-0.25, -0.2) is 0 Å². The van der Waals surface area contributed by atoms with Crippen LogP contribution in [0.25, 0.3) is 23.1 Å². The first-order valence-electron chi connectivity index (χ1n) is 11.0. The maximum atomic E-state index is 13.2. The summed E-state index contributed by atoms with van der Waals surface area (Å²) in [6.07, 6.45) is 3.90. The quantitative estimate of drug-likeness (QED) is 0.367. The molecule has 1 aromatic heterocycles. The van der Waals surface area contributed by atoms with Crippen LogP contribution in [0, 0.1) is 0 Å². The molecule has 170 valence electrons. The molecule has 0 spiro atoms. The lowest BCUT2D eigenvalue weighted by atomic mass is 10.1. The first-order chi connectivity index (χ1) is 16.7. The van der Waals surface area contributed by atoms with Crippen molar-refractivity contribution in [1.82, 2.24) is 0 Å². The summed E-state index contributed by atoms with van der Waals surface area (Å²) >= 11 is 0. The molecule has 1 unspecified atom stereocenters. The maximum absolute atomic E-state index is 13.2. The molecule has 5 rings (SSSR count). The van der Waals surface area contributed by atoms with Gasteiger partial charge in [0.05, 0.1) is 18.2 Å². The normalized spacial score (nSPS) is 15.3. The van der Waals surface area contributed by atoms with Crippen molar-refractivity contribution in [3.63, 3.8) is 0 Å². The summed E-state index contributed by atoms with van der Waals surface area (Å²) in [5, 5.41) is 4.68. The molecule has 0 N–H and O–H groups in total. The molecule has 34 heavy (non-hydrogen) atoms. The topological polar surface area (TPSA) is 70.3 Å². The zero-order valence-corrected chi connectivity index (χ0v) is 18.6. The number of benzene rings is 3. The molecule has 2 heterocycles. The molecule has 1 aliphatic heterocycles. The van der Waals surface area contributed by atoms with Crippen molar-refractivity contribution >= 4 is 28.8 Å². The van der Waals surface area contributed by atoms with E-state index in [-0.39, 0.29) is 23.9 Å². The summed E-state index contributed by atoms with van der Waals surface area (Å²) in [5.74, 6) is 1.30. The van der Waals surface area contributed by atoms with Gasteiger partial charge in [-0.05, 0) is 53.6 Å². The van der Waals surface area contributed by atoms with Crippen LogP contribution in [0.15, 0.2) is 93.2 Å². The Labute approximate surface area is 196 Å². The highest BCUT2D eigenvalue weighted by molar-refractivity contribution is 6.01. The predicted molar refractivity (Wildman–Crippen MR) is 132 cm³/mol. The van der Waals surface area contributed by atoms with Gasteiger partial charge in [0.25, 0.3) is 0 Å². The van der Waals surface area contributed by atoms with E-state index in [0.717, 1.165) is 22.6 Å². The lowest BCUT2D eigenvalue weighted by molar-refractivity contribution is 0.0462. The van der Waals surface area contributed by atoms with Gasteiger partial charge < -0.3 is 18.7 Å². The third-order valence-corrected chi connectivity index (χ3v) is 5.58. The molecule has 0 saturated carbocycles. The molecule has 0 aliphatic carbocycles. The lowest BCUT2D eigenvalue weighted by Crippen LogP contribution is -2.21. The van der Waals surface area contributed by atoms with Crippen LogP contribution in [-0.4, -0.2) is 25.5 Å². The predicted octanol–water partition coefficient (Wildman–Crippen LogP) is 5.54. The molecule has 0 amide bonds. The average molecular weight is 453 g/mol. The molecule has 0 saturated heterocycles. The van der Waals surface area contributed by atoms with Crippen molar-refractivity contribution in [2.45, 2.75) is 12.5 Å². The summed E-state index contributed by atoms with van der Waals surface area (Å²) in [4.78, 5) is 18.8. The molecular formula is C28H23NO5. The fraction of sp³-hybridized carbons (Fsp3) is 0.143. The monoisotopic (exact) mass is 453 g/mol. The number of ether oxygens (including phenoxy) is 2. The van der Waals surface area contributed by atoms with Gasteiger partial charge in [0.15, 0.2) is 11.9 Å². The second kappa shape index (κ2) is 9.67. The Hall–Kier alpha value is -4.32. The highest BCUT2D eigenvalue weighted by Crippen LogP contribution is 2.25. The molecule has 6 nitrogen and oxygen atoms in total. The van der Waals surface area contributed by atoms with Crippen molar-refractivity contribution in [3.05, 3.63) is 106 Å². The van der Waals surface area contributed by atoms with E-state index in [1.54, 1.807) is 31.4 Å². The lowest BCUT2D eigenvalue weighted by Gasteiger charge is -2.12. The summed E-state index contributed by atoms with van der Waals surface area (Å²) in [6.45, 7) is 0.165. The van der Waals surface area contributed by atoms with Crippen molar-refractivity contribution in [2.24, 2.45) is 5.16 Å². The molecule has 0 radical (unpaired) electrons. The van der Waals surface area contributed by atoms with E-state index >= 15 is 0 Å². The van der Waals surface area contributed by atoms with Gasteiger partial charge in [-0.15, -0.1) is 0 Å². The maximum Gasteiger partial charge on any atom is 0.235 e. The van der Waals surface area contributed by atoms with Crippen LogP contribution in [-0.2, 0) is 4.84 Å². The summed E-state index contributed by atoms with van der Waals surface area (Å²) < 4.78 is 17.2. The number of rotatable bonds is 7. The van der Waals surface area contributed by atoms with Gasteiger partial charge in [-0.1, -0.05) is 53.7 Å². The fourth-order valence-electron chi connectivity index (χ4n) is 3.77. The van der Waals surface area contributed by atoms with Gasteiger partial charge in [0.2, 0.25) is 11.2 Å². The third-order valence-electron chi connectivity index (χ3n) is 5.58. The van der Waals surface area contributed by atoms with E-state index in [1.165, 1.54) is 0 Å². The molecule has 0 bridgehead atoms. The Bertz CT molecular complexity index is 1400. The van der Waals surface area contributed by atoms with E-state index < -0.39 is 0 Å². The Balaban J connectivity index is 1.36. The van der Waals surface area contributed by atoms with Crippen LogP contribution in [0.3, 0.4) is 0 Å². The second-order valence-electron chi connectivity index (χ2n) is 7.87. The fourth-order valence-corrected chi connectivity index (χ4v) is 3.77. The van der Waals surface area contributed by atoms with Gasteiger partial charge in [0.1, 0.15) is 17.9 Å². The standard InChI is InChI=1S/C28H23NO5/c1-31-21-14-12-20(13-15-21)24-17-22(34-29-24)18-32-28-26(16-11-19-7-3-2-4-8-19)33-25-10-6-5-9-23(25)27(28)30/h2-16,22H,17-18H2,1H3/b16-11+. The Morgan fingerprint density at radius 3 is 2.53 bits per heavy atom. The van der Waals surface area contributed by atoms with Crippen LogP contribution >= 0.6 is 0 Å². The number of para-hydroxylation sites is 1. The summed E-state index contributed by atoms with van der Waals surface area (Å²) in [5.41, 5.74) is 3.06. The number of oxime groups is 1. The number of methoxy groups -OCH3 is 1. The number of nitrogens with zero attached hydrogens (tertiary/aromatic N) is 1. The molecular weight excluding hydrogens is 430 g/mol. The van der Waals surface area contributed by atoms with Crippen LogP contribution in [0.1, 0.15) is 23.3 Å². The third kappa shape index (κ3) is 4.57. The first-order valence-corrected chi connectivity index (χ1v) is 11.0. The first kappa shape index (κ1) is 21.5. The van der Waals surface area contributed by atoms with Crippen molar-refractivity contribution < 1.29 is 18.7 Å². The van der Waals surface area contributed by atoms with Crippen LogP contribution in [0.5, 0.6) is 11.5 Å². The number of hydrogen-bond acceptors (Lipinski definition) is 6. The Morgan fingerprint density at radius 1 is 0.971 bits per heavy atom. The summed E-state index contributed by atoms with van der Waals surface area (Å²) in [7, 11) is 1.63. The SMILES string of the molecule is COc1ccc(C2=NOC(COc3c(/C=C/c4ccccc4)oc4ccccc4c3=O)C2)cc1. The number of fused-ring (bicyclic) bond motifs is 1. The zero-order valence-electron chi connectivity index (χ0n) is 18.6. The van der Waals surface area contributed by atoms with Crippen LogP contribution < -0.4 is 14.9 Å². The minimum absolute atomic E-state index is 0.160. The Kier molecular flexibility index (Phi) is 6.12. The van der Waals surface area contributed by atoms with E-state index in [0.29, 0.717) is 23.2 Å². The van der Waals surface area contributed by atoms with Gasteiger partial charge in [0, 0.05) is 6.42 Å². The largest absolute Gasteiger partial charge is 0.497 e. The van der Waals surface area contributed by atoms with E-state index in [2.05, 4.69) is 5.16 Å². The van der Waals surface area contributed by atoms with Crippen LogP contribution in [0.4, 0.5) is 0 Å². The van der Waals surface area contributed by atoms with Crippen molar-refractivity contribution in [1.29, 1.82) is 0 Å². The van der Waals surface area contributed by atoms with E-state index in [1.807, 2.05) is 66.7 Å². The summed E-state index contributed by atoms with van der Waals surface area (Å²) in [6, 6.07) is 24.6. The van der Waals surface area contributed by atoms with Gasteiger partial charge >= 0.3 is 0 Å². The molecule has 1 atom stereocenters. The van der Waals surface area contributed by atoms with Gasteiger partial charge in [-0.3, -0.25) is 4.79 Å². The van der Waals surface area contributed by atoms with Crippen LogP contribution in [0.2, 0.25) is 0 Å². The second-order valence-corrected chi connectivity index (χ2v) is 7.87. The van der Waals surface area contributed by atoms with E-state index in [9.17, 15) is 4.79 Å². The zero-order chi connectivity index (χ0) is 23.3. The average Bonchev–Trinajstić information content (AvgIpc) is 3.37. The van der Waals surface area contributed by atoms with E-state index in [4.69, 9.17) is 18.7 Å². The molecule has 3 aromatic carbocycles. The molecule has 4 aromatic rings. The molecule has 1 aliphatic rings. The van der Waals surface area contributed by atoms with Crippen molar-refractivity contribution in [3.8, 4) is 11.5 Å².